The molecule has 2 rings (SSSR count). The van der Waals surface area contributed by atoms with E-state index in [1.165, 1.54) is 0 Å². The quantitative estimate of drug-likeness (QED) is 0.865. The molecule has 1 saturated heterocycles. The Labute approximate surface area is 111 Å². The molecule has 6 heteroatoms. The van der Waals surface area contributed by atoms with E-state index in [4.69, 9.17) is 11.6 Å². The molecular formula is C12H18ClN3O2. The van der Waals surface area contributed by atoms with Gasteiger partial charge in [0.2, 0.25) is 0 Å². The standard InChI is InChI=1S/C12H18ClN3O2/c1-3-8-10(13)9(16(2)15-8)6-12(11(17)18)4-5-14-7-12/h14H,3-7H2,1-2H3,(H,17,18). The minimum absolute atomic E-state index is 0.428. The first-order valence-electron chi connectivity index (χ1n) is 6.14. The van der Waals surface area contributed by atoms with Crippen molar-refractivity contribution in [2.75, 3.05) is 13.1 Å². The molecule has 1 aliphatic rings. The minimum atomic E-state index is -0.761. The molecular weight excluding hydrogens is 254 g/mol. The third-order valence-corrected chi connectivity index (χ3v) is 4.14. The molecule has 1 aromatic rings. The number of hydrogen-bond donors (Lipinski definition) is 2. The molecule has 1 atom stereocenters. The smallest absolute Gasteiger partial charge is 0.311 e. The van der Waals surface area contributed by atoms with Gasteiger partial charge in [0.05, 0.1) is 21.8 Å². The fraction of sp³-hybridized carbons (Fsp3) is 0.667. The summed E-state index contributed by atoms with van der Waals surface area (Å²) < 4.78 is 1.71. The number of carboxylic acid groups (broad SMARTS) is 1. The number of aromatic nitrogens is 2. The zero-order valence-corrected chi connectivity index (χ0v) is 11.4. The number of aryl methyl sites for hydroxylation is 2. The van der Waals surface area contributed by atoms with Gasteiger partial charge in [-0.25, -0.2) is 0 Å². The lowest BCUT2D eigenvalue weighted by Crippen LogP contribution is -2.36. The van der Waals surface area contributed by atoms with Gasteiger partial charge in [0.1, 0.15) is 0 Å². The summed E-state index contributed by atoms with van der Waals surface area (Å²) in [5.41, 5.74) is 0.905. The van der Waals surface area contributed by atoms with Crippen molar-refractivity contribution in [3.8, 4) is 0 Å². The van der Waals surface area contributed by atoms with Crippen molar-refractivity contribution in [2.24, 2.45) is 12.5 Å². The first-order chi connectivity index (χ1) is 8.50. The zero-order chi connectivity index (χ0) is 13.3. The number of carboxylic acids is 1. The Kier molecular flexibility index (Phi) is 3.64. The summed E-state index contributed by atoms with van der Waals surface area (Å²) in [6.07, 6.45) is 1.81. The summed E-state index contributed by atoms with van der Waals surface area (Å²) in [4.78, 5) is 11.5. The highest BCUT2D eigenvalue weighted by atomic mass is 35.5. The first kappa shape index (κ1) is 13.4. The van der Waals surface area contributed by atoms with Crippen LogP contribution in [0.1, 0.15) is 24.7 Å². The van der Waals surface area contributed by atoms with Gasteiger partial charge in [-0.05, 0) is 19.4 Å². The van der Waals surface area contributed by atoms with E-state index < -0.39 is 11.4 Å². The predicted octanol–water partition coefficient (Wildman–Crippen LogP) is 1.24. The third-order valence-electron chi connectivity index (χ3n) is 3.71. The Balaban J connectivity index is 2.33. The van der Waals surface area contributed by atoms with Crippen LogP contribution in [0, 0.1) is 5.41 Å². The van der Waals surface area contributed by atoms with Gasteiger partial charge in [0, 0.05) is 20.0 Å². The molecule has 1 aliphatic heterocycles. The first-order valence-corrected chi connectivity index (χ1v) is 6.52. The van der Waals surface area contributed by atoms with E-state index in [0.29, 0.717) is 24.4 Å². The molecule has 1 unspecified atom stereocenters. The van der Waals surface area contributed by atoms with Crippen molar-refractivity contribution in [2.45, 2.75) is 26.2 Å². The Bertz CT molecular complexity index is 464. The van der Waals surface area contributed by atoms with E-state index in [9.17, 15) is 9.90 Å². The molecule has 0 bridgehead atoms. The lowest BCUT2D eigenvalue weighted by Gasteiger charge is -2.22. The number of halogens is 1. The number of carbonyl (C=O) groups is 1. The average molecular weight is 272 g/mol. The lowest BCUT2D eigenvalue weighted by atomic mass is 9.82. The highest BCUT2D eigenvalue weighted by Crippen LogP contribution is 2.33. The van der Waals surface area contributed by atoms with Crippen LogP contribution in [0.5, 0.6) is 0 Å². The van der Waals surface area contributed by atoms with Crippen LogP contribution in [0.15, 0.2) is 0 Å². The van der Waals surface area contributed by atoms with Crippen molar-refractivity contribution >= 4 is 17.6 Å². The molecule has 0 saturated carbocycles. The summed E-state index contributed by atoms with van der Waals surface area (Å²) >= 11 is 6.28. The summed E-state index contributed by atoms with van der Waals surface area (Å²) in [5.74, 6) is -0.761. The second-order valence-corrected chi connectivity index (χ2v) is 5.25. The topological polar surface area (TPSA) is 67.2 Å². The predicted molar refractivity (Wildman–Crippen MR) is 68.9 cm³/mol. The van der Waals surface area contributed by atoms with Gasteiger partial charge >= 0.3 is 5.97 Å². The van der Waals surface area contributed by atoms with Crippen molar-refractivity contribution in [1.82, 2.24) is 15.1 Å². The number of nitrogens with zero attached hydrogens (tertiary/aromatic N) is 2. The Hall–Kier alpha value is -1.07. The SMILES string of the molecule is CCc1nn(C)c(CC2(C(=O)O)CCNC2)c1Cl. The van der Waals surface area contributed by atoms with Crippen LogP contribution in [-0.2, 0) is 24.7 Å². The van der Waals surface area contributed by atoms with Crippen molar-refractivity contribution < 1.29 is 9.90 Å². The van der Waals surface area contributed by atoms with Gasteiger partial charge in [-0.2, -0.15) is 5.10 Å². The van der Waals surface area contributed by atoms with Crippen molar-refractivity contribution in [1.29, 1.82) is 0 Å². The molecule has 0 amide bonds. The van der Waals surface area contributed by atoms with E-state index in [2.05, 4.69) is 10.4 Å². The van der Waals surface area contributed by atoms with E-state index in [0.717, 1.165) is 24.4 Å². The van der Waals surface area contributed by atoms with E-state index in [1.807, 2.05) is 14.0 Å². The monoisotopic (exact) mass is 271 g/mol. The Morgan fingerprint density at radius 1 is 1.67 bits per heavy atom. The van der Waals surface area contributed by atoms with E-state index >= 15 is 0 Å². The molecule has 2 N–H and O–H groups in total. The van der Waals surface area contributed by atoms with E-state index in [1.54, 1.807) is 4.68 Å². The Morgan fingerprint density at radius 2 is 2.39 bits per heavy atom. The number of rotatable bonds is 4. The van der Waals surface area contributed by atoms with Crippen LogP contribution in [-0.4, -0.2) is 33.9 Å². The summed E-state index contributed by atoms with van der Waals surface area (Å²) in [5, 5.41) is 17.5. The number of nitrogens with one attached hydrogen (secondary N) is 1. The van der Waals surface area contributed by atoms with Gasteiger partial charge < -0.3 is 10.4 Å². The van der Waals surface area contributed by atoms with Gasteiger partial charge in [0.15, 0.2) is 0 Å². The fourth-order valence-electron chi connectivity index (χ4n) is 2.49. The van der Waals surface area contributed by atoms with Gasteiger partial charge in [-0.3, -0.25) is 9.48 Å². The molecule has 2 heterocycles. The molecule has 100 valence electrons. The van der Waals surface area contributed by atoms with Gasteiger partial charge in [-0.1, -0.05) is 18.5 Å². The van der Waals surface area contributed by atoms with Crippen molar-refractivity contribution in [3.05, 3.63) is 16.4 Å². The molecule has 5 nitrogen and oxygen atoms in total. The van der Waals surface area contributed by atoms with Gasteiger partial charge in [0.25, 0.3) is 0 Å². The van der Waals surface area contributed by atoms with Crippen LogP contribution in [0.3, 0.4) is 0 Å². The maximum absolute atomic E-state index is 11.5. The number of hydrogen-bond acceptors (Lipinski definition) is 3. The summed E-state index contributed by atoms with van der Waals surface area (Å²) in [6.45, 7) is 3.22. The van der Waals surface area contributed by atoms with E-state index in [-0.39, 0.29) is 0 Å². The second-order valence-electron chi connectivity index (χ2n) is 4.87. The normalized spacial score (nSPS) is 23.5. The molecule has 0 aromatic carbocycles. The lowest BCUT2D eigenvalue weighted by molar-refractivity contribution is -0.147. The van der Waals surface area contributed by atoms with Crippen LogP contribution in [0.4, 0.5) is 0 Å². The molecule has 18 heavy (non-hydrogen) atoms. The molecule has 0 aliphatic carbocycles. The fourth-order valence-corrected chi connectivity index (χ4v) is 2.85. The molecule has 1 fully saturated rings. The van der Waals surface area contributed by atoms with Crippen LogP contribution in [0.2, 0.25) is 5.02 Å². The maximum atomic E-state index is 11.5. The van der Waals surface area contributed by atoms with Crippen LogP contribution in [0.25, 0.3) is 0 Å². The van der Waals surface area contributed by atoms with Crippen LogP contribution >= 0.6 is 11.6 Å². The number of aliphatic carboxylic acids is 1. The molecule has 0 spiro atoms. The van der Waals surface area contributed by atoms with Crippen LogP contribution < -0.4 is 5.32 Å². The zero-order valence-electron chi connectivity index (χ0n) is 10.7. The Morgan fingerprint density at radius 3 is 2.83 bits per heavy atom. The van der Waals surface area contributed by atoms with Crippen molar-refractivity contribution in [3.63, 3.8) is 0 Å². The third kappa shape index (κ3) is 2.12. The molecule has 0 radical (unpaired) electrons. The summed E-state index contributed by atoms with van der Waals surface area (Å²) in [6, 6.07) is 0. The second kappa shape index (κ2) is 4.90. The maximum Gasteiger partial charge on any atom is 0.311 e. The largest absolute Gasteiger partial charge is 0.481 e. The highest BCUT2D eigenvalue weighted by molar-refractivity contribution is 6.31. The summed E-state index contributed by atoms with van der Waals surface area (Å²) in [7, 11) is 1.82. The average Bonchev–Trinajstić information content (AvgIpc) is 2.90. The molecule has 1 aromatic heterocycles. The minimum Gasteiger partial charge on any atom is -0.481 e. The van der Waals surface area contributed by atoms with Gasteiger partial charge in [-0.15, -0.1) is 0 Å². The highest BCUT2D eigenvalue weighted by Gasteiger charge is 2.42.